The van der Waals surface area contributed by atoms with E-state index < -0.39 is 0 Å². The van der Waals surface area contributed by atoms with Crippen LogP contribution in [0.15, 0.2) is 18.7 Å². The molecule has 0 saturated carbocycles. The van der Waals surface area contributed by atoms with Crippen LogP contribution in [0, 0.1) is 0 Å². The van der Waals surface area contributed by atoms with E-state index in [1.165, 1.54) is 4.57 Å². The summed E-state index contributed by atoms with van der Waals surface area (Å²) in [6, 6.07) is 0. The van der Waals surface area contributed by atoms with Crippen molar-refractivity contribution in [1.29, 1.82) is 0 Å². The first-order valence-electron chi connectivity index (χ1n) is 3.23. The number of nitrogens with two attached hydrogens (primary N) is 1. The molecule has 0 spiro atoms. The Bertz CT molecular complexity index is 269. The predicted molar refractivity (Wildman–Crippen MR) is 47.0 cm³/mol. The summed E-state index contributed by atoms with van der Waals surface area (Å²) >= 11 is 0.757. The van der Waals surface area contributed by atoms with Gasteiger partial charge in [0.2, 0.25) is 0 Å². The van der Waals surface area contributed by atoms with Crippen molar-refractivity contribution in [1.82, 2.24) is 4.57 Å². The van der Waals surface area contributed by atoms with Crippen molar-refractivity contribution in [2.45, 2.75) is 0 Å². The third-order valence-electron chi connectivity index (χ3n) is 1.23. The number of nitrogens with zero attached hydrogens (tertiary/aromatic N) is 2. The predicted octanol–water partition coefficient (Wildman–Crippen LogP) is -2.71. The van der Waals surface area contributed by atoms with Gasteiger partial charge in [0.25, 0.3) is 6.33 Å². The molecule has 1 rings (SSSR count). The van der Waals surface area contributed by atoms with Gasteiger partial charge in [0.1, 0.15) is 12.4 Å². The molecule has 1 heterocycles. The van der Waals surface area contributed by atoms with Crippen molar-refractivity contribution in [3.8, 4) is 0 Å². The second kappa shape index (κ2) is 9.77. The number of carbonyl (C=O) groups excluding carboxylic acids is 1. The fourth-order valence-electron chi connectivity index (χ4n) is 0.703. The van der Waals surface area contributed by atoms with Gasteiger partial charge in [-0.25, -0.2) is 9.36 Å². The van der Waals surface area contributed by atoms with Gasteiger partial charge in [0, 0.05) is 0 Å². The zero-order valence-electron chi connectivity index (χ0n) is 7.25. The summed E-state index contributed by atoms with van der Waals surface area (Å²) in [6.45, 7) is 0.0503. The van der Waals surface area contributed by atoms with Crippen LogP contribution in [-0.4, -0.2) is 17.0 Å². The van der Waals surface area contributed by atoms with Gasteiger partial charge in [-0.1, -0.05) is 0 Å². The van der Waals surface area contributed by atoms with Crippen LogP contribution < -0.4 is 22.7 Å². The van der Waals surface area contributed by atoms with Crippen LogP contribution in [0.25, 0.3) is 0 Å². The molecule has 0 bridgehead atoms. The van der Waals surface area contributed by atoms with E-state index in [4.69, 9.17) is 5.73 Å². The van der Waals surface area contributed by atoms with Gasteiger partial charge >= 0.3 is 39.2 Å². The minimum absolute atomic E-state index is 0. The zero-order valence-corrected chi connectivity index (χ0v) is 10.5. The number of hydrogen-bond donors (Lipinski definition) is 1. The fourth-order valence-corrected chi connectivity index (χ4v) is 0.703. The SMILES string of the molecule is C[n+]1ccn(C(=O)CN)c1.[Cl-].[Cl][Cu][Cl]. The molecule has 0 atom stereocenters. The molecule has 0 unspecified atom stereocenters. The van der Waals surface area contributed by atoms with E-state index in [0.717, 1.165) is 13.1 Å². The van der Waals surface area contributed by atoms with E-state index in [1.54, 1.807) is 23.3 Å². The average Bonchev–Trinajstić information content (AvgIpc) is 2.52. The number of hydrogen-bond acceptors (Lipinski definition) is 2. The molecular formula is C6H10Cl3CuN3O. The van der Waals surface area contributed by atoms with Crippen LogP contribution in [0.4, 0.5) is 0 Å². The van der Waals surface area contributed by atoms with Gasteiger partial charge in [0.05, 0.1) is 13.6 Å². The van der Waals surface area contributed by atoms with E-state index in [0.29, 0.717) is 0 Å². The molecule has 0 saturated heterocycles. The first-order chi connectivity index (χ1) is 6.15. The van der Waals surface area contributed by atoms with Crippen molar-refractivity contribution in [2.24, 2.45) is 12.8 Å². The third kappa shape index (κ3) is 6.65. The zero-order chi connectivity index (χ0) is 10.3. The van der Waals surface area contributed by atoms with E-state index >= 15 is 0 Å². The van der Waals surface area contributed by atoms with Gasteiger partial charge in [-0.05, 0) is 0 Å². The van der Waals surface area contributed by atoms with E-state index in [2.05, 4.69) is 20.2 Å². The normalized spacial score (nSPS) is 8.57. The van der Waals surface area contributed by atoms with Gasteiger partial charge in [-0.3, -0.25) is 0 Å². The molecule has 0 amide bonds. The first kappa shape index (κ1) is 16.7. The summed E-state index contributed by atoms with van der Waals surface area (Å²) < 4.78 is 3.24. The molecule has 0 aliphatic rings. The Morgan fingerprint density at radius 2 is 2.14 bits per heavy atom. The monoisotopic (exact) mass is 308 g/mol. The molecule has 0 radical (unpaired) electrons. The van der Waals surface area contributed by atoms with Crippen LogP contribution in [-0.2, 0) is 20.2 Å². The standard InChI is InChI=1S/C6H10N3O.3ClH.Cu/c1-8-2-3-9(5-8)6(10)4-7;;;;/h2-3,5H,4,7H2,1H3;3*1H;/q+1;;;;+2/p-3. The Morgan fingerprint density at radius 3 is 2.43 bits per heavy atom. The third-order valence-corrected chi connectivity index (χ3v) is 1.23. The second-order valence-corrected chi connectivity index (χ2v) is 3.68. The maximum atomic E-state index is 10.9. The van der Waals surface area contributed by atoms with Crippen LogP contribution in [0.1, 0.15) is 4.79 Å². The van der Waals surface area contributed by atoms with Crippen molar-refractivity contribution in [3.05, 3.63) is 18.7 Å². The fraction of sp³-hybridized carbons (Fsp3) is 0.333. The van der Waals surface area contributed by atoms with Gasteiger partial charge < -0.3 is 18.1 Å². The van der Waals surface area contributed by atoms with Gasteiger partial charge in [-0.15, -0.1) is 0 Å². The molecule has 2 N–H and O–H groups in total. The van der Waals surface area contributed by atoms with Crippen LogP contribution >= 0.6 is 20.2 Å². The first-order valence-corrected chi connectivity index (χ1v) is 5.82. The van der Waals surface area contributed by atoms with E-state index in [9.17, 15) is 4.79 Å². The Hall–Kier alpha value is 0.229. The van der Waals surface area contributed by atoms with Gasteiger partial charge in [-0.2, -0.15) is 4.57 Å². The molecule has 0 aromatic carbocycles. The molecule has 1 aromatic heterocycles. The van der Waals surface area contributed by atoms with Crippen molar-refractivity contribution in [2.75, 3.05) is 6.54 Å². The summed E-state index contributed by atoms with van der Waals surface area (Å²) in [7, 11) is 11.2. The van der Waals surface area contributed by atoms with Crippen LogP contribution in [0.2, 0.25) is 0 Å². The van der Waals surface area contributed by atoms with Gasteiger partial charge in [0.15, 0.2) is 0 Å². The van der Waals surface area contributed by atoms with E-state index in [1.807, 2.05) is 7.05 Å². The summed E-state index contributed by atoms with van der Waals surface area (Å²) in [5, 5.41) is 0. The van der Waals surface area contributed by atoms with Crippen molar-refractivity contribution < 1.29 is 34.9 Å². The molecule has 0 aliphatic carbocycles. The summed E-state index contributed by atoms with van der Waals surface area (Å²) in [6.07, 6.45) is 5.14. The minimum atomic E-state index is -0.0967. The summed E-state index contributed by atoms with van der Waals surface area (Å²) in [5.74, 6) is -0.0967. The Labute approximate surface area is 103 Å². The summed E-state index contributed by atoms with van der Waals surface area (Å²) in [4.78, 5) is 10.9. The molecule has 0 fully saturated rings. The number of imidazole rings is 1. The molecular weight excluding hydrogens is 300 g/mol. The Morgan fingerprint density at radius 1 is 1.64 bits per heavy atom. The Balaban J connectivity index is 0. The molecule has 1 aromatic rings. The molecule has 0 aliphatic heterocycles. The number of rotatable bonds is 1. The number of aryl methyl sites for hydroxylation is 1. The maximum absolute atomic E-state index is 10.9. The topological polar surface area (TPSA) is 51.9 Å². The van der Waals surface area contributed by atoms with Crippen molar-refractivity contribution >= 4 is 26.1 Å². The molecule has 8 heteroatoms. The summed E-state index contributed by atoms with van der Waals surface area (Å²) in [5.41, 5.74) is 5.13. The van der Waals surface area contributed by atoms with Crippen LogP contribution in [0.3, 0.4) is 0 Å². The number of halogens is 3. The molecule has 87 valence electrons. The Kier molecular flexibility index (Phi) is 11.6. The number of carbonyl (C=O) groups is 1. The van der Waals surface area contributed by atoms with Crippen LogP contribution in [0.5, 0.6) is 0 Å². The van der Waals surface area contributed by atoms with Crippen molar-refractivity contribution in [3.63, 3.8) is 0 Å². The van der Waals surface area contributed by atoms with E-state index in [-0.39, 0.29) is 24.9 Å². The molecule has 4 nitrogen and oxygen atoms in total. The second-order valence-electron chi connectivity index (χ2n) is 2.13. The average molecular weight is 310 g/mol. The quantitative estimate of drug-likeness (QED) is 0.453. The molecule has 14 heavy (non-hydrogen) atoms. The number of aromatic nitrogens is 2.